The highest BCUT2D eigenvalue weighted by Gasteiger charge is 2.32. The first-order chi connectivity index (χ1) is 9.39. The van der Waals surface area contributed by atoms with E-state index in [-0.39, 0.29) is 5.78 Å². The maximum Gasteiger partial charge on any atom is 0.177 e. The van der Waals surface area contributed by atoms with E-state index in [0.29, 0.717) is 13.1 Å². The number of nitrogens with zero attached hydrogens (tertiary/aromatic N) is 1. The summed E-state index contributed by atoms with van der Waals surface area (Å²) in [5, 5.41) is 10.4. The molecule has 0 aliphatic heterocycles. The van der Waals surface area contributed by atoms with Crippen molar-refractivity contribution < 1.29 is 9.90 Å². The predicted octanol–water partition coefficient (Wildman–Crippen LogP) is 2.72. The van der Waals surface area contributed by atoms with Gasteiger partial charge in [-0.2, -0.15) is 0 Å². The van der Waals surface area contributed by atoms with Crippen LogP contribution >= 0.6 is 0 Å². The Hall–Kier alpha value is -1.19. The number of hydrogen-bond acceptors (Lipinski definition) is 3. The Morgan fingerprint density at radius 3 is 2.55 bits per heavy atom. The molecule has 0 bridgehead atoms. The van der Waals surface area contributed by atoms with Crippen molar-refractivity contribution in [1.82, 2.24) is 4.90 Å². The van der Waals surface area contributed by atoms with Crippen LogP contribution < -0.4 is 0 Å². The van der Waals surface area contributed by atoms with Crippen molar-refractivity contribution >= 4 is 5.78 Å². The van der Waals surface area contributed by atoms with Crippen molar-refractivity contribution in [2.75, 3.05) is 20.1 Å². The van der Waals surface area contributed by atoms with Crippen LogP contribution in [0.1, 0.15) is 47.2 Å². The summed E-state index contributed by atoms with van der Waals surface area (Å²) in [4.78, 5) is 14.3. The zero-order valence-electron chi connectivity index (χ0n) is 12.8. The third kappa shape index (κ3) is 3.68. The van der Waals surface area contributed by atoms with Crippen LogP contribution in [0.15, 0.2) is 18.2 Å². The van der Waals surface area contributed by atoms with Crippen molar-refractivity contribution in [3.63, 3.8) is 0 Å². The monoisotopic (exact) mass is 275 g/mol. The van der Waals surface area contributed by atoms with Crippen LogP contribution in [0.2, 0.25) is 0 Å². The average Bonchev–Trinajstić information content (AvgIpc) is 2.74. The summed E-state index contributed by atoms with van der Waals surface area (Å²) >= 11 is 0. The van der Waals surface area contributed by atoms with E-state index in [0.717, 1.165) is 36.8 Å². The number of likely N-dealkylation sites (N-methyl/N-ethyl adjacent to an activating group) is 1. The smallest absolute Gasteiger partial charge is 0.177 e. The fraction of sp³-hybridized carbons (Fsp3) is 0.588. The fourth-order valence-electron chi connectivity index (χ4n) is 3.21. The van der Waals surface area contributed by atoms with Crippen molar-refractivity contribution in [1.29, 1.82) is 0 Å². The summed E-state index contributed by atoms with van der Waals surface area (Å²) in [5.74, 6) is 0.131. The summed E-state index contributed by atoms with van der Waals surface area (Å²) in [5.41, 5.74) is 2.41. The number of Topliss-reactive ketones (excluding diaryl/α,β-unsaturated/α-hetero) is 1. The molecule has 20 heavy (non-hydrogen) atoms. The molecule has 0 heterocycles. The van der Waals surface area contributed by atoms with Gasteiger partial charge < -0.3 is 5.11 Å². The van der Waals surface area contributed by atoms with Crippen LogP contribution in [-0.2, 0) is 0 Å². The first-order valence-electron chi connectivity index (χ1n) is 7.41. The van der Waals surface area contributed by atoms with E-state index < -0.39 is 5.60 Å². The standard InChI is InChI=1S/C17H25NO2/c1-13-6-7-15(14(2)10-13)16(19)11-18(3)12-17(20)8-4-5-9-17/h6-7,10,20H,4-5,8-9,11-12H2,1-3H3. The molecule has 0 atom stereocenters. The summed E-state index contributed by atoms with van der Waals surface area (Å²) in [7, 11) is 1.91. The molecular weight excluding hydrogens is 250 g/mol. The lowest BCUT2D eigenvalue weighted by atomic mass is 10.00. The second kappa shape index (κ2) is 6.06. The molecule has 0 spiro atoms. The minimum atomic E-state index is -0.586. The number of ketones is 1. The van der Waals surface area contributed by atoms with Crippen LogP contribution in [0.4, 0.5) is 0 Å². The number of benzene rings is 1. The molecule has 1 aromatic rings. The zero-order chi connectivity index (χ0) is 14.8. The minimum absolute atomic E-state index is 0.131. The lowest BCUT2D eigenvalue weighted by molar-refractivity contribution is 0.0172. The molecule has 0 unspecified atom stereocenters. The highest BCUT2D eigenvalue weighted by molar-refractivity contribution is 5.98. The van der Waals surface area contributed by atoms with Crippen molar-refractivity contribution in [2.45, 2.75) is 45.1 Å². The molecule has 1 N–H and O–H groups in total. The molecule has 1 fully saturated rings. The topological polar surface area (TPSA) is 40.5 Å². The van der Waals surface area contributed by atoms with Gasteiger partial charge in [0.25, 0.3) is 0 Å². The highest BCUT2D eigenvalue weighted by Crippen LogP contribution is 2.29. The number of aliphatic hydroxyl groups is 1. The van der Waals surface area contributed by atoms with Gasteiger partial charge in [-0.3, -0.25) is 9.69 Å². The van der Waals surface area contributed by atoms with E-state index in [9.17, 15) is 9.90 Å². The van der Waals surface area contributed by atoms with E-state index in [1.54, 1.807) is 0 Å². The Kier molecular flexibility index (Phi) is 4.61. The van der Waals surface area contributed by atoms with Gasteiger partial charge in [0.2, 0.25) is 0 Å². The van der Waals surface area contributed by atoms with Gasteiger partial charge in [0, 0.05) is 12.1 Å². The average molecular weight is 275 g/mol. The third-order valence-electron chi connectivity index (χ3n) is 4.19. The third-order valence-corrected chi connectivity index (χ3v) is 4.19. The first-order valence-corrected chi connectivity index (χ1v) is 7.41. The van der Waals surface area contributed by atoms with Crippen molar-refractivity contribution in [3.8, 4) is 0 Å². The summed E-state index contributed by atoms with van der Waals surface area (Å²) in [6.07, 6.45) is 3.90. The van der Waals surface area contributed by atoms with Gasteiger partial charge in [-0.1, -0.05) is 36.6 Å². The van der Waals surface area contributed by atoms with Crippen LogP contribution in [0.25, 0.3) is 0 Å². The lowest BCUT2D eigenvalue weighted by Crippen LogP contribution is -2.41. The molecule has 3 nitrogen and oxygen atoms in total. The predicted molar refractivity (Wildman–Crippen MR) is 81.2 cm³/mol. The molecule has 0 saturated heterocycles. The molecule has 1 aromatic carbocycles. The SMILES string of the molecule is Cc1ccc(C(=O)CN(C)CC2(O)CCCC2)c(C)c1. The summed E-state index contributed by atoms with van der Waals surface area (Å²) in [6, 6.07) is 5.92. The molecule has 110 valence electrons. The zero-order valence-corrected chi connectivity index (χ0v) is 12.8. The van der Waals surface area contributed by atoms with Gasteiger partial charge in [0.1, 0.15) is 0 Å². The van der Waals surface area contributed by atoms with E-state index in [4.69, 9.17) is 0 Å². The lowest BCUT2D eigenvalue weighted by Gasteiger charge is -2.28. The normalized spacial score (nSPS) is 17.6. The maximum atomic E-state index is 12.3. The number of carbonyl (C=O) groups excluding carboxylic acids is 1. The van der Waals surface area contributed by atoms with E-state index in [1.807, 2.05) is 44.0 Å². The van der Waals surface area contributed by atoms with Gasteiger partial charge in [0.15, 0.2) is 5.78 Å². The quantitative estimate of drug-likeness (QED) is 0.840. The molecule has 1 aliphatic carbocycles. The van der Waals surface area contributed by atoms with E-state index >= 15 is 0 Å². The van der Waals surface area contributed by atoms with Crippen molar-refractivity contribution in [2.24, 2.45) is 0 Å². The molecule has 1 saturated carbocycles. The molecule has 1 aliphatic rings. The fourth-order valence-corrected chi connectivity index (χ4v) is 3.21. The Balaban J connectivity index is 1.96. The second-order valence-corrected chi connectivity index (χ2v) is 6.35. The maximum absolute atomic E-state index is 12.3. The number of rotatable bonds is 5. The largest absolute Gasteiger partial charge is 0.389 e. The Bertz CT molecular complexity index is 490. The van der Waals surface area contributed by atoms with Crippen molar-refractivity contribution in [3.05, 3.63) is 34.9 Å². The van der Waals surface area contributed by atoms with Gasteiger partial charge in [0.05, 0.1) is 12.1 Å². The van der Waals surface area contributed by atoms with Gasteiger partial charge >= 0.3 is 0 Å². The minimum Gasteiger partial charge on any atom is -0.389 e. The van der Waals surface area contributed by atoms with Crippen LogP contribution in [0.3, 0.4) is 0 Å². The Morgan fingerprint density at radius 1 is 1.30 bits per heavy atom. The van der Waals surface area contributed by atoms with Gasteiger partial charge in [-0.15, -0.1) is 0 Å². The highest BCUT2D eigenvalue weighted by atomic mass is 16.3. The molecular formula is C17H25NO2. The number of carbonyl (C=O) groups is 1. The second-order valence-electron chi connectivity index (χ2n) is 6.35. The molecule has 2 rings (SSSR count). The number of aryl methyl sites for hydroxylation is 2. The summed E-state index contributed by atoms with van der Waals surface area (Å²) in [6.45, 7) is 4.96. The van der Waals surface area contributed by atoms with Crippen LogP contribution in [0.5, 0.6) is 0 Å². The molecule has 3 heteroatoms. The Labute approximate surface area is 121 Å². The van der Waals surface area contributed by atoms with Gasteiger partial charge in [-0.05, 0) is 39.3 Å². The summed E-state index contributed by atoms with van der Waals surface area (Å²) < 4.78 is 0. The Morgan fingerprint density at radius 2 is 1.95 bits per heavy atom. The molecule has 0 radical (unpaired) electrons. The van der Waals surface area contributed by atoms with E-state index in [1.165, 1.54) is 5.56 Å². The van der Waals surface area contributed by atoms with Crippen LogP contribution in [0, 0.1) is 13.8 Å². The van der Waals surface area contributed by atoms with Gasteiger partial charge in [-0.25, -0.2) is 0 Å². The first kappa shape index (κ1) is 15.2. The molecule has 0 amide bonds. The van der Waals surface area contributed by atoms with Crippen LogP contribution in [-0.4, -0.2) is 41.5 Å². The van der Waals surface area contributed by atoms with E-state index in [2.05, 4.69) is 0 Å². The molecule has 0 aromatic heterocycles. The number of hydrogen-bond donors (Lipinski definition) is 1.